The maximum Gasteiger partial charge on any atom is 0.229 e. The summed E-state index contributed by atoms with van der Waals surface area (Å²) in [4.78, 5) is 26.1. The molecule has 1 aliphatic heterocycles. The quantitative estimate of drug-likeness (QED) is 0.161. The number of rotatable bonds is 11. The van der Waals surface area contributed by atoms with E-state index in [2.05, 4.69) is 41.5 Å². The van der Waals surface area contributed by atoms with Gasteiger partial charge in [-0.15, -0.1) is 0 Å². The van der Waals surface area contributed by atoms with Gasteiger partial charge in [-0.2, -0.15) is 19.6 Å². The highest BCUT2D eigenvalue weighted by atomic mass is 19.1. The fraction of sp³-hybridized carbons (Fsp3) is 0.303. The fourth-order valence-corrected chi connectivity index (χ4v) is 5.56. The molecule has 0 radical (unpaired) electrons. The zero-order valence-corrected chi connectivity index (χ0v) is 24.7. The van der Waals surface area contributed by atoms with Crippen molar-refractivity contribution in [1.82, 2.24) is 29.9 Å². The van der Waals surface area contributed by atoms with Gasteiger partial charge >= 0.3 is 0 Å². The zero-order valence-electron chi connectivity index (χ0n) is 24.7. The molecule has 2 aromatic carbocycles. The molecule has 1 aliphatic rings. The van der Waals surface area contributed by atoms with Crippen molar-refractivity contribution in [2.45, 2.75) is 38.8 Å². The molecule has 44 heavy (non-hydrogen) atoms. The molecule has 0 saturated carbocycles. The Balaban J connectivity index is 1.30. The van der Waals surface area contributed by atoms with Crippen LogP contribution >= 0.6 is 0 Å². The number of Topliss-reactive ketones (excluding diaryl/α,β-unsaturated/α-hetero) is 1. The third-order valence-electron chi connectivity index (χ3n) is 8.05. The van der Waals surface area contributed by atoms with E-state index in [1.54, 1.807) is 10.7 Å². The number of β-amino-alcohol motifs (C(OH)–C–C–N with tert-alkyl or cyclic N) is 1. The average molecular weight is 595 g/mol. The van der Waals surface area contributed by atoms with Crippen molar-refractivity contribution in [3.63, 3.8) is 0 Å². The van der Waals surface area contributed by atoms with Gasteiger partial charge in [0, 0.05) is 61.2 Å². The Kier molecular flexibility index (Phi) is 8.32. The van der Waals surface area contributed by atoms with E-state index in [4.69, 9.17) is 15.0 Å². The second-order valence-corrected chi connectivity index (χ2v) is 11.5. The molecule has 0 unspecified atom stereocenters. The number of benzene rings is 2. The Morgan fingerprint density at radius 1 is 1.16 bits per heavy atom. The van der Waals surface area contributed by atoms with Crippen LogP contribution in [0.1, 0.15) is 36.5 Å². The van der Waals surface area contributed by atoms with E-state index in [0.717, 1.165) is 45.3 Å². The maximum absolute atomic E-state index is 13.3. The largest absolute Gasteiger partial charge is 0.391 e. The van der Waals surface area contributed by atoms with Crippen molar-refractivity contribution in [3.8, 4) is 11.3 Å². The number of ketones is 1. The lowest BCUT2D eigenvalue weighted by atomic mass is 9.97. The topological polar surface area (TPSA) is 129 Å². The summed E-state index contributed by atoms with van der Waals surface area (Å²) < 4.78 is 15.0. The van der Waals surface area contributed by atoms with Crippen LogP contribution in [0.15, 0.2) is 73.3 Å². The number of carbonyl (C=O) groups is 1. The lowest BCUT2D eigenvalue weighted by molar-refractivity contribution is -0.116. The number of fused-ring (bicyclic) bond motifs is 2. The van der Waals surface area contributed by atoms with E-state index in [9.17, 15) is 14.3 Å². The van der Waals surface area contributed by atoms with E-state index >= 15 is 0 Å². The molecular weight excluding hydrogens is 559 g/mol. The number of allylic oxidation sites excluding steroid dienone is 1. The van der Waals surface area contributed by atoms with Gasteiger partial charge in [-0.05, 0) is 28.5 Å². The zero-order chi connectivity index (χ0) is 30.8. The summed E-state index contributed by atoms with van der Waals surface area (Å²) in [7, 11) is 0. The number of aliphatic hydroxyl groups is 1. The minimum absolute atomic E-state index is 0.0439. The number of hydrogen-bond acceptors (Lipinski definition) is 9. The van der Waals surface area contributed by atoms with E-state index < -0.39 is 17.7 Å². The second kappa shape index (κ2) is 12.5. The number of aromatic nitrogens is 5. The summed E-state index contributed by atoms with van der Waals surface area (Å²) in [6.07, 6.45) is 3.11. The lowest BCUT2D eigenvalue weighted by Crippen LogP contribution is -2.26. The van der Waals surface area contributed by atoms with Crippen molar-refractivity contribution in [2.24, 2.45) is 5.92 Å². The summed E-state index contributed by atoms with van der Waals surface area (Å²) in [5, 5.41) is 26.7. The van der Waals surface area contributed by atoms with Crippen LogP contribution in [0.25, 0.3) is 27.7 Å². The van der Waals surface area contributed by atoms with Gasteiger partial charge in [-0.25, -0.2) is 4.39 Å². The first-order chi connectivity index (χ1) is 21.3. The summed E-state index contributed by atoms with van der Waals surface area (Å²) >= 11 is 0. The van der Waals surface area contributed by atoms with Crippen LogP contribution in [0.2, 0.25) is 0 Å². The van der Waals surface area contributed by atoms with Crippen molar-refractivity contribution in [3.05, 3.63) is 90.0 Å². The summed E-state index contributed by atoms with van der Waals surface area (Å²) in [5.41, 5.74) is 5.19. The van der Waals surface area contributed by atoms with E-state index in [1.807, 2.05) is 54.7 Å². The molecule has 0 amide bonds. The number of nitrogens with one attached hydrogen (secondary N) is 3. The number of halogens is 1. The van der Waals surface area contributed by atoms with E-state index in [1.165, 1.54) is 0 Å². The average Bonchev–Trinajstić information content (AvgIpc) is 3.64. The Hall–Kier alpha value is -4.74. The third kappa shape index (κ3) is 6.01. The lowest BCUT2D eigenvalue weighted by Gasteiger charge is -2.16. The first kappa shape index (κ1) is 29.3. The Labute approximate surface area is 254 Å². The predicted octanol–water partition coefficient (Wildman–Crippen LogP) is 4.66. The molecule has 2 atom stereocenters. The van der Waals surface area contributed by atoms with Crippen LogP contribution < -0.4 is 16.0 Å². The highest BCUT2D eigenvalue weighted by molar-refractivity contribution is 5.98. The monoisotopic (exact) mass is 594 g/mol. The van der Waals surface area contributed by atoms with Gasteiger partial charge in [0.25, 0.3) is 0 Å². The smallest absolute Gasteiger partial charge is 0.229 e. The highest BCUT2D eigenvalue weighted by Gasteiger charge is 2.25. The molecule has 4 heterocycles. The molecule has 1 fully saturated rings. The van der Waals surface area contributed by atoms with Gasteiger partial charge in [0.2, 0.25) is 11.9 Å². The van der Waals surface area contributed by atoms with Crippen LogP contribution in [0.4, 0.5) is 16.3 Å². The number of nitrogens with zero attached hydrogens (tertiary/aromatic N) is 5. The highest BCUT2D eigenvalue weighted by Crippen LogP contribution is 2.31. The first-order valence-corrected chi connectivity index (χ1v) is 14.7. The molecule has 0 aliphatic carbocycles. The maximum atomic E-state index is 13.3. The summed E-state index contributed by atoms with van der Waals surface area (Å²) in [5.74, 6) is -0.267. The van der Waals surface area contributed by atoms with Gasteiger partial charge in [-0.3, -0.25) is 9.78 Å². The minimum atomic E-state index is -0.939. The van der Waals surface area contributed by atoms with Gasteiger partial charge in [0.15, 0.2) is 17.3 Å². The van der Waals surface area contributed by atoms with Crippen molar-refractivity contribution in [1.29, 1.82) is 0 Å². The number of anilines is 2. The summed E-state index contributed by atoms with van der Waals surface area (Å²) in [6.45, 7) is 9.62. The molecular formula is C33H35FN8O2. The predicted molar refractivity (Wildman–Crippen MR) is 169 cm³/mol. The van der Waals surface area contributed by atoms with E-state index in [-0.39, 0.29) is 18.3 Å². The van der Waals surface area contributed by atoms with Crippen LogP contribution in [0, 0.1) is 5.92 Å². The molecule has 5 aromatic rings. The van der Waals surface area contributed by atoms with E-state index in [0.29, 0.717) is 37.1 Å². The molecule has 4 N–H and O–H groups in total. The number of carbonyl (C=O) groups excluding carboxylic acids is 1. The van der Waals surface area contributed by atoms with Crippen molar-refractivity contribution >= 4 is 34.1 Å². The molecule has 0 spiro atoms. The van der Waals surface area contributed by atoms with Gasteiger partial charge < -0.3 is 21.1 Å². The Bertz CT molecular complexity index is 1850. The molecule has 226 valence electrons. The van der Waals surface area contributed by atoms with Gasteiger partial charge in [0.05, 0.1) is 18.0 Å². The van der Waals surface area contributed by atoms with Crippen LogP contribution in [0.3, 0.4) is 0 Å². The molecule has 0 bridgehead atoms. The Morgan fingerprint density at radius 2 is 2.00 bits per heavy atom. The minimum Gasteiger partial charge on any atom is -0.391 e. The van der Waals surface area contributed by atoms with Crippen LogP contribution in [-0.4, -0.2) is 61.2 Å². The first-order valence-electron chi connectivity index (χ1n) is 14.7. The SMILES string of the molecule is C=C(F)C(=O)Cc1ccc2c(-c3ccccc3CNc3nc(NC[C@H]4CNC[C@@H]4O)nc4c(C(C)C)cnn34)nccc2c1. The molecule has 1 saturated heterocycles. The van der Waals surface area contributed by atoms with Crippen LogP contribution in [-0.2, 0) is 17.8 Å². The number of aliphatic hydroxyl groups excluding tert-OH is 1. The van der Waals surface area contributed by atoms with Crippen molar-refractivity contribution < 1.29 is 14.3 Å². The molecule has 6 rings (SSSR count). The van der Waals surface area contributed by atoms with Gasteiger partial charge in [-0.1, -0.05) is 62.9 Å². The van der Waals surface area contributed by atoms with Crippen LogP contribution in [0.5, 0.6) is 0 Å². The Morgan fingerprint density at radius 3 is 2.77 bits per heavy atom. The molecule has 11 heteroatoms. The summed E-state index contributed by atoms with van der Waals surface area (Å²) in [6, 6.07) is 15.5. The standard InChI is InChI=1S/C33H35FN8O2/c1-19(2)27-17-39-42-31(27)40-32(37-16-24-14-35-18-29(24)44)41-33(42)38-15-23-6-4-5-7-25(23)30-26-9-8-21(13-28(43)20(3)34)12-22(26)10-11-36-30/h4-12,17,19,24,29,35,44H,3,13-16,18H2,1-2H3,(H2,37,38,40,41)/t24-,29+/m1/s1. The number of pyridine rings is 1. The normalized spacial score (nSPS) is 16.6. The van der Waals surface area contributed by atoms with Crippen molar-refractivity contribution in [2.75, 3.05) is 30.3 Å². The molecule has 10 nitrogen and oxygen atoms in total. The number of hydrogen-bond donors (Lipinski definition) is 4. The van der Waals surface area contributed by atoms with Gasteiger partial charge in [0.1, 0.15) is 0 Å². The third-order valence-corrected chi connectivity index (χ3v) is 8.05. The molecule has 3 aromatic heterocycles. The fourth-order valence-electron chi connectivity index (χ4n) is 5.56. The second-order valence-electron chi connectivity index (χ2n) is 11.5.